The first-order chi connectivity index (χ1) is 12.8. The summed E-state index contributed by atoms with van der Waals surface area (Å²) in [6.07, 6.45) is -0.0383. The number of aliphatic hydroxyl groups is 1. The number of hydrogen-bond donors (Lipinski definition) is 2. The van der Waals surface area contributed by atoms with E-state index in [2.05, 4.69) is 0 Å². The maximum atomic E-state index is 13.8. The third-order valence-electron chi connectivity index (χ3n) is 4.67. The number of fused-ring (bicyclic) bond motifs is 1. The second-order valence-corrected chi connectivity index (χ2v) is 6.23. The Kier molecular flexibility index (Phi) is 4.84. The molecule has 0 amide bonds. The molecular weight excluding hydrogens is 360 g/mol. The number of phenolic OH excluding ortho intramolecular Hbond substituents is 1. The number of hydroxylamine groups is 1. The number of Topliss-reactive ketones (excluding diaryl/α,β-unsaturated/α-hetero) is 1. The van der Waals surface area contributed by atoms with Crippen molar-refractivity contribution in [2.24, 2.45) is 0 Å². The van der Waals surface area contributed by atoms with Crippen molar-refractivity contribution < 1.29 is 33.4 Å². The highest BCUT2D eigenvalue weighted by atomic mass is 19.2. The summed E-state index contributed by atoms with van der Waals surface area (Å²) in [7, 11) is 0. The van der Waals surface area contributed by atoms with E-state index in [1.807, 2.05) is 0 Å². The molecular formula is C19H17F2NO5. The Morgan fingerprint density at radius 2 is 1.85 bits per heavy atom. The van der Waals surface area contributed by atoms with Crippen LogP contribution in [0, 0.1) is 11.6 Å². The highest BCUT2D eigenvalue weighted by molar-refractivity contribution is 6.33. The second kappa shape index (κ2) is 6.96. The molecule has 0 aliphatic carbocycles. The van der Waals surface area contributed by atoms with Crippen LogP contribution in [0.4, 0.5) is 14.5 Å². The number of rotatable bonds is 5. The van der Waals surface area contributed by atoms with Gasteiger partial charge in [0.15, 0.2) is 11.6 Å². The molecule has 1 aliphatic heterocycles. The molecule has 2 N–H and O–H groups in total. The van der Waals surface area contributed by atoms with Crippen molar-refractivity contribution in [3.8, 4) is 5.75 Å². The van der Waals surface area contributed by atoms with Gasteiger partial charge in [-0.05, 0) is 17.7 Å². The van der Waals surface area contributed by atoms with E-state index in [1.54, 1.807) is 24.3 Å². The summed E-state index contributed by atoms with van der Waals surface area (Å²) in [6.45, 7) is 0.738. The molecule has 0 fully saturated rings. The van der Waals surface area contributed by atoms with E-state index in [1.165, 1.54) is 6.92 Å². The largest absolute Gasteiger partial charge is 0.508 e. The number of aliphatic hydroxyl groups excluding tert-OH is 1. The lowest BCUT2D eigenvalue weighted by atomic mass is 9.76. The number of para-hydroxylation sites is 1. The molecule has 27 heavy (non-hydrogen) atoms. The van der Waals surface area contributed by atoms with Crippen LogP contribution in [0.3, 0.4) is 0 Å². The number of aromatic hydroxyl groups is 1. The van der Waals surface area contributed by atoms with Gasteiger partial charge in [-0.2, -0.15) is 0 Å². The van der Waals surface area contributed by atoms with E-state index in [0.717, 1.165) is 11.1 Å². The molecule has 1 atom stereocenters. The Labute approximate surface area is 153 Å². The average molecular weight is 377 g/mol. The first kappa shape index (κ1) is 18.8. The minimum absolute atomic E-state index is 0.0383. The van der Waals surface area contributed by atoms with E-state index in [9.17, 15) is 28.6 Å². The quantitative estimate of drug-likeness (QED) is 0.777. The number of ketones is 1. The molecule has 2 aromatic carbocycles. The Bertz CT molecular complexity index is 917. The van der Waals surface area contributed by atoms with Crippen LogP contribution >= 0.6 is 0 Å². The van der Waals surface area contributed by atoms with E-state index < -0.39 is 41.2 Å². The minimum atomic E-state index is -1.38. The van der Waals surface area contributed by atoms with Crippen LogP contribution in [0.1, 0.15) is 24.5 Å². The zero-order valence-electron chi connectivity index (χ0n) is 14.4. The molecule has 2 aromatic rings. The van der Waals surface area contributed by atoms with Crippen LogP contribution in [0.5, 0.6) is 5.75 Å². The predicted molar refractivity (Wildman–Crippen MR) is 91.1 cm³/mol. The number of carbonyl (C=O) groups excluding carboxylic acids is 2. The molecule has 0 saturated carbocycles. The van der Waals surface area contributed by atoms with E-state index in [-0.39, 0.29) is 18.5 Å². The summed E-state index contributed by atoms with van der Waals surface area (Å²) in [5, 5.41) is 21.5. The monoisotopic (exact) mass is 377 g/mol. The maximum absolute atomic E-state index is 13.8. The van der Waals surface area contributed by atoms with Crippen LogP contribution in [-0.2, 0) is 19.8 Å². The van der Waals surface area contributed by atoms with Crippen molar-refractivity contribution in [2.45, 2.75) is 18.8 Å². The normalized spacial score (nSPS) is 18.3. The van der Waals surface area contributed by atoms with E-state index >= 15 is 0 Å². The summed E-state index contributed by atoms with van der Waals surface area (Å²) >= 11 is 0. The van der Waals surface area contributed by atoms with Crippen molar-refractivity contribution >= 4 is 17.4 Å². The molecule has 1 unspecified atom stereocenters. The van der Waals surface area contributed by atoms with Crippen LogP contribution in [-0.4, -0.2) is 35.1 Å². The zero-order valence-corrected chi connectivity index (χ0v) is 14.4. The van der Waals surface area contributed by atoms with Crippen LogP contribution in [0.2, 0.25) is 0 Å². The van der Waals surface area contributed by atoms with Gasteiger partial charge in [0.2, 0.25) is 5.78 Å². The third kappa shape index (κ3) is 3.02. The molecule has 0 radical (unpaired) electrons. The number of hydrogen-bond acceptors (Lipinski definition) is 6. The van der Waals surface area contributed by atoms with Crippen LogP contribution < -0.4 is 5.06 Å². The standard InChI is InChI=1S/C19H17F2NO5/c1-2-16(24)18(26)27-22-9-19(10-23,11-5-3-4-6-15(11)22)12-7-13(20)14(21)8-17(12)25/h3-8,23,25H,2,9-10H2,1H3. The van der Waals surface area contributed by atoms with Crippen LogP contribution in [0.15, 0.2) is 36.4 Å². The lowest BCUT2D eigenvalue weighted by Gasteiger charge is -2.29. The molecule has 8 heteroatoms. The number of halogens is 2. The van der Waals surface area contributed by atoms with Crippen molar-refractivity contribution in [2.75, 3.05) is 18.2 Å². The number of nitrogens with zero attached hydrogens (tertiary/aromatic N) is 1. The van der Waals surface area contributed by atoms with Crippen molar-refractivity contribution in [3.63, 3.8) is 0 Å². The SMILES string of the molecule is CCC(=O)C(=O)ON1CC(CO)(c2cc(F)c(F)cc2O)c2ccccc21. The van der Waals surface area contributed by atoms with Crippen molar-refractivity contribution in [1.29, 1.82) is 0 Å². The Morgan fingerprint density at radius 3 is 2.52 bits per heavy atom. The molecule has 6 nitrogen and oxygen atoms in total. The molecule has 142 valence electrons. The lowest BCUT2D eigenvalue weighted by Crippen LogP contribution is -2.39. The smallest absolute Gasteiger partial charge is 0.398 e. The number of anilines is 1. The highest BCUT2D eigenvalue weighted by Gasteiger charge is 2.47. The second-order valence-electron chi connectivity index (χ2n) is 6.23. The third-order valence-corrected chi connectivity index (χ3v) is 4.67. The first-order valence-corrected chi connectivity index (χ1v) is 8.25. The molecule has 0 bridgehead atoms. The van der Waals surface area contributed by atoms with Crippen molar-refractivity contribution in [1.82, 2.24) is 0 Å². The molecule has 1 aliphatic rings. The molecule has 1 heterocycles. The maximum Gasteiger partial charge on any atom is 0.398 e. The van der Waals surface area contributed by atoms with Gasteiger partial charge in [-0.3, -0.25) is 4.79 Å². The summed E-state index contributed by atoms with van der Waals surface area (Å²) in [6, 6.07) is 7.94. The van der Waals surface area contributed by atoms with Gasteiger partial charge in [-0.1, -0.05) is 25.1 Å². The number of phenols is 1. The topological polar surface area (TPSA) is 87.1 Å². The minimum Gasteiger partial charge on any atom is -0.508 e. The molecule has 3 rings (SSSR count). The molecule has 0 aromatic heterocycles. The first-order valence-electron chi connectivity index (χ1n) is 8.25. The Balaban J connectivity index is 2.11. The van der Waals surface area contributed by atoms with E-state index in [4.69, 9.17) is 4.84 Å². The van der Waals surface area contributed by atoms with Gasteiger partial charge in [0, 0.05) is 18.1 Å². The zero-order chi connectivity index (χ0) is 19.8. The Hall–Kier alpha value is -3.00. The van der Waals surface area contributed by atoms with Gasteiger partial charge in [-0.15, -0.1) is 0 Å². The summed E-state index contributed by atoms with van der Waals surface area (Å²) in [5.74, 6) is -4.77. The molecule has 0 spiro atoms. The highest BCUT2D eigenvalue weighted by Crippen LogP contribution is 2.47. The summed E-state index contributed by atoms with van der Waals surface area (Å²) in [4.78, 5) is 28.6. The fraction of sp³-hybridized carbons (Fsp3) is 0.263. The van der Waals surface area contributed by atoms with Gasteiger partial charge >= 0.3 is 5.97 Å². The summed E-state index contributed by atoms with van der Waals surface area (Å²) in [5.41, 5.74) is -0.639. The lowest BCUT2D eigenvalue weighted by molar-refractivity contribution is -0.154. The fourth-order valence-electron chi connectivity index (χ4n) is 3.26. The predicted octanol–water partition coefficient (Wildman–Crippen LogP) is 2.21. The van der Waals surface area contributed by atoms with Gasteiger partial charge in [-0.25, -0.2) is 18.6 Å². The fourth-order valence-corrected chi connectivity index (χ4v) is 3.26. The van der Waals surface area contributed by atoms with Gasteiger partial charge in [0.1, 0.15) is 5.75 Å². The van der Waals surface area contributed by atoms with E-state index in [0.29, 0.717) is 17.3 Å². The average Bonchev–Trinajstić information content (AvgIpc) is 2.98. The number of carbonyl (C=O) groups is 2. The number of benzene rings is 2. The molecule has 0 saturated heterocycles. The van der Waals surface area contributed by atoms with Gasteiger partial charge in [0.05, 0.1) is 24.3 Å². The van der Waals surface area contributed by atoms with Crippen molar-refractivity contribution in [3.05, 3.63) is 59.2 Å². The van der Waals surface area contributed by atoms with Crippen LogP contribution in [0.25, 0.3) is 0 Å². The Morgan fingerprint density at radius 1 is 1.19 bits per heavy atom. The summed E-state index contributed by atoms with van der Waals surface area (Å²) < 4.78 is 27.3. The van der Waals surface area contributed by atoms with Gasteiger partial charge in [0.25, 0.3) is 0 Å². The van der Waals surface area contributed by atoms with Gasteiger partial charge < -0.3 is 15.1 Å².